The molecule has 3 unspecified atom stereocenters. The van der Waals surface area contributed by atoms with Crippen LogP contribution in [0.5, 0.6) is 0 Å². The van der Waals surface area contributed by atoms with E-state index >= 15 is 0 Å². The maximum Gasteiger partial charge on any atom is 0.472 e. The van der Waals surface area contributed by atoms with Gasteiger partial charge in [0.25, 0.3) is 0 Å². The molecule has 1 aliphatic rings. The SMILES string of the molecule is CCCCC/C=C\CC1OC1C/C=C\C/C=C\CCCC(=O)O[C@H](COC(=O)CCCCCCCCCCCCCCC)COP(=O)(O)OCCN. The number of phosphoric ester groups is 1. The monoisotopic (exact) mass is 756 g/mol. The summed E-state index contributed by atoms with van der Waals surface area (Å²) in [6.07, 6.45) is 37.8. The first-order chi connectivity index (χ1) is 25.3. The van der Waals surface area contributed by atoms with Gasteiger partial charge in [-0.1, -0.05) is 140 Å². The van der Waals surface area contributed by atoms with Gasteiger partial charge in [0.15, 0.2) is 6.10 Å². The lowest BCUT2D eigenvalue weighted by atomic mass is 10.0. The van der Waals surface area contributed by atoms with Crippen LogP contribution in [0.2, 0.25) is 0 Å². The average molecular weight is 756 g/mol. The van der Waals surface area contributed by atoms with Gasteiger partial charge < -0.3 is 24.8 Å². The smallest absolute Gasteiger partial charge is 0.462 e. The summed E-state index contributed by atoms with van der Waals surface area (Å²) in [5.74, 6) is -0.899. The highest BCUT2D eigenvalue weighted by Crippen LogP contribution is 2.43. The van der Waals surface area contributed by atoms with E-state index < -0.39 is 32.5 Å². The Bertz CT molecular complexity index is 1020. The van der Waals surface area contributed by atoms with Crippen LogP contribution in [0, 0.1) is 0 Å². The lowest BCUT2D eigenvalue weighted by Crippen LogP contribution is -2.29. The fraction of sp³-hybridized carbons (Fsp3) is 0.805. The summed E-state index contributed by atoms with van der Waals surface area (Å²) < 4.78 is 38.4. The van der Waals surface area contributed by atoms with E-state index in [0.29, 0.717) is 25.0 Å². The van der Waals surface area contributed by atoms with Gasteiger partial charge in [0.1, 0.15) is 6.61 Å². The molecule has 10 nitrogen and oxygen atoms in total. The fourth-order valence-electron chi connectivity index (χ4n) is 5.73. The van der Waals surface area contributed by atoms with E-state index in [1.165, 1.54) is 83.5 Å². The fourth-order valence-corrected chi connectivity index (χ4v) is 6.49. The molecule has 1 fully saturated rings. The second-order valence-electron chi connectivity index (χ2n) is 13.9. The molecule has 302 valence electrons. The number of ether oxygens (including phenoxy) is 3. The molecule has 3 N–H and O–H groups in total. The molecule has 0 amide bonds. The normalized spacial score (nSPS) is 17.6. The third-order valence-corrected chi connectivity index (χ3v) is 9.92. The van der Waals surface area contributed by atoms with Crippen molar-refractivity contribution < 1.29 is 42.3 Å². The summed E-state index contributed by atoms with van der Waals surface area (Å²) in [5, 5.41) is 0. The van der Waals surface area contributed by atoms with Crippen molar-refractivity contribution in [1.82, 2.24) is 0 Å². The Balaban J connectivity index is 2.24. The maximum atomic E-state index is 12.5. The first-order valence-corrected chi connectivity index (χ1v) is 22.1. The minimum absolute atomic E-state index is 0.0427. The van der Waals surface area contributed by atoms with Gasteiger partial charge in [0.05, 0.1) is 25.4 Å². The molecular weight excluding hydrogens is 681 g/mol. The molecule has 0 aliphatic carbocycles. The van der Waals surface area contributed by atoms with E-state index in [0.717, 1.165) is 44.9 Å². The molecule has 0 spiro atoms. The number of hydrogen-bond donors (Lipinski definition) is 2. The summed E-state index contributed by atoms with van der Waals surface area (Å²) >= 11 is 0. The Kier molecular flexibility index (Phi) is 31.3. The number of epoxide rings is 1. The van der Waals surface area contributed by atoms with Crippen molar-refractivity contribution in [2.75, 3.05) is 26.4 Å². The standard InChI is InChI=1S/C41H74NO9P/c1-3-5-7-9-11-12-13-14-15-16-19-23-27-31-40(43)47-35-37(36-49-52(45,46)48-34-33-42)50-41(44)32-28-24-20-17-18-22-26-30-39-38(51-39)29-25-21-10-8-6-4-2/h17,20-22,25-26,37-39H,3-16,18-19,23-24,27-36,42H2,1-2H3,(H,45,46)/b20-17-,25-21-,26-22-/t37-,38?,39?/m1/s1. The third-order valence-electron chi connectivity index (χ3n) is 8.93. The van der Waals surface area contributed by atoms with Crippen molar-refractivity contribution in [3.05, 3.63) is 36.5 Å². The molecule has 4 atom stereocenters. The Hall–Kier alpha value is -1.81. The maximum absolute atomic E-state index is 12.5. The van der Waals surface area contributed by atoms with Crippen molar-refractivity contribution in [2.24, 2.45) is 5.73 Å². The highest BCUT2D eigenvalue weighted by Gasteiger charge is 2.36. The molecule has 0 aromatic rings. The molecular formula is C41H74NO9P. The van der Waals surface area contributed by atoms with Crippen LogP contribution < -0.4 is 5.73 Å². The number of unbranched alkanes of at least 4 members (excludes halogenated alkanes) is 16. The van der Waals surface area contributed by atoms with Crippen LogP contribution in [0.3, 0.4) is 0 Å². The van der Waals surface area contributed by atoms with Crippen molar-refractivity contribution in [3.63, 3.8) is 0 Å². The minimum Gasteiger partial charge on any atom is -0.462 e. The molecule has 1 rings (SSSR count). The largest absolute Gasteiger partial charge is 0.472 e. The number of carbonyl (C=O) groups is 2. The summed E-state index contributed by atoms with van der Waals surface area (Å²) in [7, 11) is -4.39. The molecule has 11 heteroatoms. The van der Waals surface area contributed by atoms with Crippen molar-refractivity contribution in [3.8, 4) is 0 Å². The quantitative estimate of drug-likeness (QED) is 0.0206. The number of nitrogens with two attached hydrogens (primary N) is 1. The predicted molar refractivity (Wildman–Crippen MR) is 210 cm³/mol. The summed E-state index contributed by atoms with van der Waals surface area (Å²) in [6.45, 7) is 3.62. The summed E-state index contributed by atoms with van der Waals surface area (Å²) in [4.78, 5) is 34.8. The number of hydrogen-bond acceptors (Lipinski definition) is 9. The highest BCUT2D eigenvalue weighted by atomic mass is 31.2. The first kappa shape index (κ1) is 48.2. The summed E-state index contributed by atoms with van der Waals surface area (Å²) in [6, 6.07) is 0. The van der Waals surface area contributed by atoms with Crippen LogP contribution in [0.15, 0.2) is 36.5 Å². The zero-order valence-corrected chi connectivity index (χ0v) is 33.6. The van der Waals surface area contributed by atoms with Gasteiger partial charge in [0.2, 0.25) is 0 Å². The van der Waals surface area contributed by atoms with E-state index in [1.807, 2.05) is 6.08 Å². The Morgan fingerprint density at radius 1 is 0.673 bits per heavy atom. The van der Waals surface area contributed by atoms with E-state index in [9.17, 15) is 19.0 Å². The number of rotatable bonds is 37. The first-order valence-electron chi connectivity index (χ1n) is 20.6. The van der Waals surface area contributed by atoms with Gasteiger partial charge in [-0.3, -0.25) is 18.6 Å². The molecule has 0 aromatic heterocycles. The van der Waals surface area contributed by atoms with Gasteiger partial charge in [-0.15, -0.1) is 0 Å². The Morgan fingerprint density at radius 3 is 1.83 bits per heavy atom. The van der Waals surface area contributed by atoms with E-state index in [1.54, 1.807) is 0 Å². The van der Waals surface area contributed by atoms with Gasteiger partial charge in [-0.25, -0.2) is 4.57 Å². The highest BCUT2D eigenvalue weighted by molar-refractivity contribution is 7.47. The van der Waals surface area contributed by atoms with Crippen LogP contribution in [0.4, 0.5) is 0 Å². The van der Waals surface area contributed by atoms with Crippen LogP contribution in [0.1, 0.15) is 168 Å². The second-order valence-corrected chi connectivity index (χ2v) is 15.3. The molecule has 1 saturated heterocycles. The number of carbonyl (C=O) groups excluding carboxylic acids is 2. The van der Waals surface area contributed by atoms with Crippen molar-refractivity contribution in [1.29, 1.82) is 0 Å². The van der Waals surface area contributed by atoms with Crippen molar-refractivity contribution in [2.45, 2.75) is 186 Å². The lowest BCUT2D eigenvalue weighted by molar-refractivity contribution is -0.161. The van der Waals surface area contributed by atoms with E-state index in [4.69, 9.17) is 29.0 Å². The number of allylic oxidation sites excluding steroid dienone is 4. The van der Waals surface area contributed by atoms with E-state index in [-0.39, 0.29) is 32.6 Å². The predicted octanol–water partition coefficient (Wildman–Crippen LogP) is 10.4. The van der Waals surface area contributed by atoms with Gasteiger partial charge in [-0.05, 0) is 51.4 Å². The topological polar surface area (TPSA) is 147 Å². The molecule has 0 aromatic carbocycles. The van der Waals surface area contributed by atoms with E-state index in [2.05, 4.69) is 44.2 Å². The summed E-state index contributed by atoms with van der Waals surface area (Å²) in [5.41, 5.74) is 5.34. The molecule has 1 heterocycles. The lowest BCUT2D eigenvalue weighted by Gasteiger charge is -2.19. The zero-order chi connectivity index (χ0) is 38.0. The zero-order valence-electron chi connectivity index (χ0n) is 32.7. The third kappa shape index (κ3) is 30.6. The van der Waals surface area contributed by atoms with Gasteiger partial charge in [0, 0.05) is 19.4 Å². The van der Waals surface area contributed by atoms with Crippen LogP contribution in [-0.4, -0.2) is 61.5 Å². The van der Waals surface area contributed by atoms with Crippen LogP contribution in [-0.2, 0) is 37.4 Å². The van der Waals surface area contributed by atoms with Crippen LogP contribution in [0.25, 0.3) is 0 Å². The molecule has 52 heavy (non-hydrogen) atoms. The van der Waals surface area contributed by atoms with Crippen LogP contribution >= 0.6 is 7.82 Å². The molecule has 0 radical (unpaired) electrons. The van der Waals surface area contributed by atoms with Gasteiger partial charge >= 0.3 is 19.8 Å². The number of esters is 2. The minimum atomic E-state index is -4.39. The molecule has 1 aliphatic heterocycles. The van der Waals surface area contributed by atoms with Gasteiger partial charge in [-0.2, -0.15) is 0 Å². The molecule has 0 saturated carbocycles. The average Bonchev–Trinajstić information content (AvgIpc) is 3.89. The molecule has 0 bridgehead atoms. The second kappa shape index (κ2) is 33.7. The van der Waals surface area contributed by atoms with Crippen molar-refractivity contribution >= 4 is 19.8 Å². The Morgan fingerprint density at radius 2 is 1.19 bits per heavy atom. The number of phosphoric acid groups is 1. The Labute approximate surface area is 316 Å².